The predicted molar refractivity (Wildman–Crippen MR) is 85.2 cm³/mol. The maximum absolute atomic E-state index is 14.0. The van der Waals surface area contributed by atoms with Gasteiger partial charge in [-0.2, -0.15) is 0 Å². The Kier molecular flexibility index (Phi) is 3.56. The fourth-order valence-electron chi connectivity index (χ4n) is 3.26. The molecule has 0 bridgehead atoms. The van der Waals surface area contributed by atoms with Crippen molar-refractivity contribution in [1.82, 2.24) is 0 Å². The van der Waals surface area contributed by atoms with Gasteiger partial charge in [-0.25, -0.2) is 18.0 Å². The molecule has 3 nitrogen and oxygen atoms in total. The second kappa shape index (κ2) is 5.65. The molecule has 0 aliphatic carbocycles. The molecule has 0 unspecified atom stereocenters. The second-order valence-electron chi connectivity index (χ2n) is 6.10. The Bertz CT molecular complexity index is 1060. The standard InChI is InChI=1S/C19H13F3O3/c1-9-6-18(23)25-19-10(9)2-4-16-11(19)3-5-17(24-16)12-7-14(21)15(22)8-13(12)20/h2,4,6-8,17H,3,5H2,1H3/t17-/m0/s1. The Hall–Kier alpha value is -2.76. The lowest BCUT2D eigenvalue weighted by molar-refractivity contribution is 0.171. The number of rotatable bonds is 1. The first kappa shape index (κ1) is 15.7. The van der Waals surface area contributed by atoms with Crippen molar-refractivity contribution in [2.75, 3.05) is 0 Å². The van der Waals surface area contributed by atoms with E-state index >= 15 is 0 Å². The Morgan fingerprint density at radius 3 is 2.60 bits per heavy atom. The van der Waals surface area contributed by atoms with E-state index in [1.807, 2.05) is 6.92 Å². The van der Waals surface area contributed by atoms with E-state index in [1.165, 1.54) is 6.07 Å². The highest BCUT2D eigenvalue weighted by Gasteiger charge is 2.27. The van der Waals surface area contributed by atoms with E-state index in [1.54, 1.807) is 12.1 Å². The normalized spacial score (nSPS) is 16.6. The number of aryl methyl sites for hydroxylation is 2. The fourth-order valence-corrected chi connectivity index (χ4v) is 3.26. The zero-order valence-electron chi connectivity index (χ0n) is 13.2. The lowest BCUT2D eigenvalue weighted by Gasteiger charge is -2.27. The van der Waals surface area contributed by atoms with E-state index < -0.39 is 29.2 Å². The molecule has 0 amide bonds. The molecule has 6 heteroatoms. The SMILES string of the molecule is Cc1cc(=O)oc2c3c(ccc12)O[C@H](c1cc(F)c(F)cc1F)CC3. The lowest BCUT2D eigenvalue weighted by Crippen LogP contribution is -2.17. The molecule has 0 fully saturated rings. The minimum atomic E-state index is -1.24. The molecule has 25 heavy (non-hydrogen) atoms. The summed E-state index contributed by atoms with van der Waals surface area (Å²) < 4.78 is 51.7. The minimum Gasteiger partial charge on any atom is -0.485 e. The first-order valence-electron chi connectivity index (χ1n) is 7.81. The molecule has 1 aliphatic heterocycles. The number of halogens is 3. The van der Waals surface area contributed by atoms with E-state index in [0.29, 0.717) is 30.2 Å². The van der Waals surface area contributed by atoms with Crippen LogP contribution in [0.5, 0.6) is 5.75 Å². The number of hydrogen-bond donors (Lipinski definition) is 0. The third-order valence-corrected chi connectivity index (χ3v) is 4.49. The van der Waals surface area contributed by atoms with Gasteiger partial charge in [0.05, 0.1) is 0 Å². The van der Waals surface area contributed by atoms with Gasteiger partial charge in [-0.3, -0.25) is 0 Å². The fraction of sp³-hybridized carbons (Fsp3) is 0.211. The summed E-state index contributed by atoms with van der Waals surface area (Å²) in [5.74, 6) is -2.76. The van der Waals surface area contributed by atoms with Crippen molar-refractivity contribution >= 4 is 11.0 Å². The highest BCUT2D eigenvalue weighted by Crippen LogP contribution is 2.39. The Labute approximate surface area is 140 Å². The van der Waals surface area contributed by atoms with Crippen LogP contribution in [0.1, 0.15) is 29.2 Å². The van der Waals surface area contributed by atoms with Crippen molar-refractivity contribution in [3.63, 3.8) is 0 Å². The third-order valence-electron chi connectivity index (χ3n) is 4.49. The molecule has 1 aliphatic rings. The van der Waals surface area contributed by atoms with Crippen molar-refractivity contribution < 1.29 is 22.3 Å². The highest BCUT2D eigenvalue weighted by atomic mass is 19.2. The van der Waals surface area contributed by atoms with E-state index in [-0.39, 0.29) is 5.56 Å². The van der Waals surface area contributed by atoms with Crippen molar-refractivity contribution in [2.24, 2.45) is 0 Å². The monoisotopic (exact) mass is 346 g/mol. The maximum atomic E-state index is 14.0. The first-order chi connectivity index (χ1) is 11.9. The first-order valence-corrected chi connectivity index (χ1v) is 7.81. The average molecular weight is 346 g/mol. The Morgan fingerprint density at radius 1 is 1.04 bits per heavy atom. The molecule has 0 radical (unpaired) electrons. The second-order valence-corrected chi connectivity index (χ2v) is 6.10. The van der Waals surface area contributed by atoms with Crippen LogP contribution in [-0.4, -0.2) is 0 Å². The summed E-state index contributed by atoms with van der Waals surface area (Å²) in [6.07, 6.45) is 0.0741. The third kappa shape index (κ3) is 2.58. The van der Waals surface area contributed by atoms with Crippen LogP contribution in [0.2, 0.25) is 0 Å². The molecular formula is C19H13F3O3. The van der Waals surface area contributed by atoms with Crippen LogP contribution < -0.4 is 10.4 Å². The summed E-state index contributed by atoms with van der Waals surface area (Å²) in [5, 5.41) is 0.805. The van der Waals surface area contributed by atoms with Crippen molar-refractivity contribution in [2.45, 2.75) is 25.9 Å². The van der Waals surface area contributed by atoms with Crippen molar-refractivity contribution in [1.29, 1.82) is 0 Å². The largest absolute Gasteiger partial charge is 0.485 e. The van der Waals surface area contributed by atoms with Gasteiger partial charge < -0.3 is 9.15 Å². The topological polar surface area (TPSA) is 39.4 Å². The quantitative estimate of drug-likeness (QED) is 0.478. The molecule has 3 aromatic rings. The molecule has 1 aromatic heterocycles. The zero-order valence-corrected chi connectivity index (χ0v) is 13.2. The average Bonchev–Trinajstić information content (AvgIpc) is 2.57. The van der Waals surface area contributed by atoms with Crippen LogP contribution in [0.4, 0.5) is 13.2 Å². The molecule has 1 atom stereocenters. The van der Waals surface area contributed by atoms with Gasteiger partial charge >= 0.3 is 5.63 Å². The number of fused-ring (bicyclic) bond motifs is 3. The van der Waals surface area contributed by atoms with Gasteiger partial charge in [-0.05, 0) is 43.5 Å². The van der Waals surface area contributed by atoms with Crippen molar-refractivity contribution in [3.05, 3.63) is 74.9 Å². The predicted octanol–water partition coefficient (Wildman–Crippen LogP) is 4.59. The summed E-state index contributed by atoms with van der Waals surface area (Å²) in [6, 6.07) is 6.24. The lowest BCUT2D eigenvalue weighted by atomic mass is 9.95. The van der Waals surface area contributed by atoms with E-state index in [0.717, 1.165) is 22.6 Å². The summed E-state index contributed by atoms with van der Waals surface area (Å²) in [5.41, 5.74) is 1.48. The summed E-state index contributed by atoms with van der Waals surface area (Å²) in [6.45, 7) is 1.81. The Balaban J connectivity index is 1.79. The summed E-state index contributed by atoms with van der Waals surface area (Å²) in [7, 11) is 0. The summed E-state index contributed by atoms with van der Waals surface area (Å²) >= 11 is 0. The molecule has 2 aromatic carbocycles. The smallest absolute Gasteiger partial charge is 0.336 e. The van der Waals surface area contributed by atoms with Crippen LogP contribution in [0.15, 0.2) is 39.5 Å². The van der Waals surface area contributed by atoms with Crippen LogP contribution in [0, 0.1) is 24.4 Å². The Morgan fingerprint density at radius 2 is 1.80 bits per heavy atom. The summed E-state index contributed by atoms with van der Waals surface area (Å²) in [4.78, 5) is 11.7. The molecular weight excluding hydrogens is 333 g/mol. The van der Waals surface area contributed by atoms with Crippen LogP contribution in [0.3, 0.4) is 0 Å². The highest BCUT2D eigenvalue weighted by molar-refractivity contribution is 5.85. The maximum Gasteiger partial charge on any atom is 0.336 e. The van der Waals surface area contributed by atoms with Crippen LogP contribution >= 0.6 is 0 Å². The molecule has 0 saturated heterocycles. The van der Waals surface area contributed by atoms with Gasteiger partial charge in [0.1, 0.15) is 23.3 Å². The van der Waals surface area contributed by atoms with Crippen LogP contribution in [-0.2, 0) is 6.42 Å². The number of ether oxygens (including phenoxy) is 1. The van der Waals surface area contributed by atoms with Gasteiger partial charge in [0.2, 0.25) is 0 Å². The van der Waals surface area contributed by atoms with Gasteiger partial charge in [0.15, 0.2) is 11.6 Å². The van der Waals surface area contributed by atoms with Gasteiger partial charge in [0.25, 0.3) is 0 Å². The molecule has 0 N–H and O–H groups in total. The number of benzene rings is 2. The minimum absolute atomic E-state index is 0.0321. The van der Waals surface area contributed by atoms with Crippen LogP contribution in [0.25, 0.3) is 11.0 Å². The molecule has 0 saturated carbocycles. The number of hydrogen-bond acceptors (Lipinski definition) is 3. The molecule has 0 spiro atoms. The van der Waals surface area contributed by atoms with Gasteiger partial charge in [0, 0.05) is 28.6 Å². The van der Waals surface area contributed by atoms with Gasteiger partial charge in [-0.15, -0.1) is 0 Å². The molecule has 2 heterocycles. The van der Waals surface area contributed by atoms with E-state index in [4.69, 9.17) is 9.15 Å². The van der Waals surface area contributed by atoms with Crippen molar-refractivity contribution in [3.8, 4) is 5.75 Å². The zero-order chi connectivity index (χ0) is 17.7. The van der Waals surface area contributed by atoms with Gasteiger partial charge in [-0.1, -0.05) is 0 Å². The van der Waals surface area contributed by atoms with E-state index in [2.05, 4.69) is 0 Å². The molecule has 128 valence electrons. The molecule has 4 rings (SSSR count). The van der Waals surface area contributed by atoms with E-state index in [9.17, 15) is 18.0 Å².